The zero-order valence-electron chi connectivity index (χ0n) is 13.0. The second-order valence-corrected chi connectivity index (χ2v) is 5.79. The molecule has 0 unspecified atom stereocenters. The Balaban J connectivity index is 1.90. The van der Waals surface area contributed by atoms with Crippen molar-refractivity contribution in [1.82, 2.24) is 9.55 Å². The third-order valence-corrected chi connectivity index (χ3v) is 4.06. The molecule has 118 valence electrons. The van der Waals surface area contributed by atoms with Crippen molar-refractivity contribution >= 4 is 21.9 Å². The van der Waals surface area contributed by atoms with E-state index in [-0.39, 0.29) is 12.1 Å². The largest absolute Gasteiger partial charge is 0.423 e. The zero-order chi connectivity index (χ0) is 16.7. The van der Waals surface area contributed by atoms with E-state index in [0.717, 1.165) is 16.5 Å². The van der Waals surface area contributed by atoms with Gasteiger partial charge in [0.25, 0.3) is 5.56 Å². The van der Waals surface area contributed by atoms with Gasteiger partial charge in [-0.25, -0.2) is 9.78 Å². The van der Waals surface area contributed by atoms with Gasteiger partial charge in [0.05, 0.1) is 23.8 Å². The third kappa shape index (κ3) is 2.40. The monoisotopic (exact) mass is 318 g/mol. The molecule has 4 rings (SSSR count). The summed E-state index contributed by atoms with van der Waals surface area (Å²) in [6.07, 6.45) is 1.51. The standard InChI is InChI=1S/C19H14N2O3/c1-12-6-7-14-13(9-18(22)24-17(14)8-12)10-21-11-20-16-5-3-2-4-15(16)19(21)23/h2-9,11H,10H2,1H3. The van der Waals surface area contributed by atoms with E-state index in [2.05, 4.69) is 4.98 Å². The maximum absolute atomic E-state index is 12.6. The molecule has 0 amide bonds. The molecule has 0 spiro atoms. The zero-order valence-corrected chi connectivity index (χ0v) is 13.0. The Kier molecular flexibility index (Phi) is 3.27. The molecule has 0 saturated heterocycles. The first-order valence-corrected chi connectivity index (χ1v) is 7.59. The molecule has 24 heavy (non-hydrogen) atoms. The van der Waals surface area contributed by atoms with Crippen molar-refractivity contribution in [1.29, 1.82) is 0 Å². The molecular weight excluding hydrogens is 304 g/mol. The van der Waals surface area contributed by atoms with Crippen LogP contribution in [0.15, 0.2) is 68.9 Å². The summed E-state index contributed by atoms with van der Waals surface area (Å²) in [6.45, 7) is 2.20. The molecule has 2 aromatic carbocycles. The summed E-state index contributed by atoms with van der Waals surface area (Å²) < 4.78 is 6.77. The molecule has 5 nitrogen and oxygen atoms in total. The molecule has 4 aromatic rings. The van der Waals surface area contributed by atoms with Gasteiger partial charge in [0.15, 0.2) is 0 Å². The predicted octanol–water partition coefficient (Wildman–Crippen LogP) is 2.86. The molecule has 0 N–H and O–H groups in total. The van der Waals surface area contributed by atoms with Gasteiger partial charge < -0.3 is 4.42 Å². The van der Waals surface area contributed by atoms with E-state index in [9.17, 15) is 9.59 Å². The van der Waals surface area contributed by atoms with E-state index >= 15 is 0 Å². The Bertz CT molecular complexity index is 1190. The van der Waals surface area contributed by atoms with Crippen LogP contribution in [0, 0.1) is 6.92 Å². The van der Waals surface area contributed by atoms with Crippen LogP contribution in [0.4, 0.5) is 0 Å². The van der Waals surface area contributed by atoms with Gasteiger partial charge in [0, 0.05) is 11.5 Å². The average molecular weight is 318 g/mol. The van der Waals surface area contributed by atoms with Crippen LogP contribution >= 0.6 is 0 Å². The molecule has 0 saturated carbocycles. The van der Waals surface area contributed by atoms with Crippen LogP contribution in [-0.2, 0) is 6.54 Å². The number of rotatable bonds is 2. The van der Waals surface area contributed by atoms with Gasteiger partial charge in [-0.05, 0) is 36.2 Å². The second kappa shape index (κ2) is 5.45. The van der Waals surface area contributed by atoms with Gasteiger partial charge in [-0.2, -0.15) is 0 Å². The van der Waals surface area contributed by atoms with Gasteiger partial charge >= 0.3 is 5.63 Å². The summed E-state index contributed by atoms with van der Waals surface area (Å²) in [5.74, 6) is 0. The van der Waals surface area contributed by atoms with Crippen molar-refractivity contribution in [2.75, 3.05) is 0 Å². The Morgan fingerprint density at radius 2 is 1.88 bits per heavy atom. The molecule has 0 atom stereocenters. The molecule has 0 fully saturated rings. The fourth-order valence-electron chi connectivity index (χ4n) is 2.87. The predicted molar refractivity (Wildman–Crippen MR) is 92.3 cm³/mol. The van der Waals surface area contributed by atoms with Crippen LogP contribution in [0.1, 0.15) is 11.1 Å². The number of hydrogen-bond acceptors (Lipinski definition) is 4. The molecule has 0 radical (unpaired) electrons. The topological polar surface area (TPSA) is 65.1 Å². The number of para-hydroxylation sites is 1. The first-order valence-electron chi connectivity index (χ1n) is 7.59. The van der Waals surface area contributed by atoms with Gasteiger partial charge in [0.1, 0.15) is 5.58 Å². The van der Waals surface area contributed by atoms with E-state index in [1.54, 1.807) is 12.1 Å². The molecule has 5 heteroatoms. The highest BCUT2D eigenvalue weighted by atomic mass is 16.4. The van der Waals surface area contributed by atoms with E-state index < -0.39 is 5.63 Å². The molecule has 2 aromatic heterocycles. The number of aromatic nitrogens is 2. The SMILES string of the molecule is Cc1ccc2c(Cn3cnc4ccccc4c3=O)cc(=O)oc2c1. The number of hydrogen-bond donors (Lipinski definition) is 0. The second-order valence-electron chi connectivity index (χ2n) is 5.79. The average Bonchev–Trinajstić information content (AvgIpc) is 2.57. The van der Waals surface area contributed by atoms with Crippen molar-refractivity contribution in [3.63, 3.8) is 0 Å². The molecule has 0 bridgehead atoms. The summed E-state index contributed by atoms with van der Waals surface area (Å²) in [4.78, 5) is 28.8. The smallest absolute Gasteiger partial charge is 0.336 e. The highest BCUT2D eigenvalue weighted by Crippen LogP contribution is 2.19. The van der Waals surface area contributed by atoms with E-state index in [1.165, 1.54) is 17.0 Å². The minimum atomic E-state index is -0.426. The van der Waals surface area contributed by atoms with Gasteiger partial charge in [-0.1, -0.05) is 24.3 Å². The number of nitrogens with zero attached hydrogens (tertiary/aromatic N) is 2. The number of fused-ring (bicyclic) bond motifs is 2. The van der Waals surface area contributed by atoms with Crippen molar-refractivity contribution in [2.24, 2.45) is 0 Å². The molecule has 0 aliphatic heterocycles. The highest BCUT2D eigenvalue weighted by Gasteiger charge is 2.09. The Labute approximate surface area is 136 Å². The lowest BCUT2D eigenvalue weighted by atomic mass is 10.1. The van der Waals surface area contributed by atoms with Crippen molar-refractivity contribution in [3.05, 3.63) is 86.8 Å². The number of aryl methyl sites for hydroxylation is 1. The third-order valence-electron chi connectivity index (χ3n) is 4.06. The van der Waals surface area contributed by atoms with Crippen LogP contribution in [0.25, 0.3) is 21.9 Å². The lowest BCUT2D eigenvalue weighted by molar-refractivity contribution is 0.557. The van der Waals surface area contributed by atoms with E-state index in [1.807, 2.05) is 37.3 Å². The fourth-order valence-corrected chi connectivity index (χ4v) is 2.87. The maximum Gasteiger partial charge on any atom is 0.336 e. The van der Waals surface area contributed by atoms with Crippen molar-refractivity contribution < 1.29 is 4.42 Å². The molecule has 0 aliphatic rings. The summed E-state index contributed by atoms with van der Waals surface area (Å²) >= 11 is 0. The van der Waals surface area contributed by atoms with Crippen molar-refractivity contribution in [2.45, 2.75) is 13.5 Å². The summed E-state index contributed by atoms with van der Waals surface area (Å²) in [6, 6.07) is 14.3. The Morgan fingerprint density at radius 3 is 2.75 bits per heavy atom. The highest BCUT2D eigenvalue weighted by molar-refractivity contribution is 5.81. The lowest BCUT2D eigenvalue weighted by Crippen LogP contribution is -2.21. The normalized spacial score (nSPS) is 11.2. The van der Waals surface area contributed by atoms with E-state index in [0.29, 0.717) is 16.5 Å². The van der Waals surface area contributed by atoms with Gasteiger partial charge in [-0.15, -0.1) is 0 Å². The van der Waals surface area contributed by atoms with Crippen LogP contribution in [-0.4, -0.2) is 9.55 Å². The van der Waals surface area contributed by atoms with Crippen LogP contribution in [0.2, 0.25) is 0 Å². The van der Waals surface area contributed by atoms with E-state index in [4.69, 9.17) is 4.42 Å². The maximum atomic E-state index is 12.6. The van der Waals surface area contributed by atoms with Crippen LogP contribution in [0.3, 0.4) is 0 Å². The molecule has 2 heterocycles. The summed E-state index contributed by atoms with van der Waals surface area (Å²) in [7, 11) is 0. The molecule has 0 aliphatic carbocycles. The van der Waals surface area contributed by atoms with Crippen LogP contribution in [0.5, 0.6) is 0 Å². The number of benzene rings is 2. The lowest BCUT2D eigenvalue weighted by Gasteiger charge is -2.09. The first kappa shape index (κ1) is 14.4. The minimum Gasteiger partial charge on any atom is -0.423 e. The molecular formula is C19H14N2O3. The van der Waals surface area contributed by atoms with Gasteiger partial charge in [-0.3, -0.25) is 9.36 Å². The quantitative estimate of drug-likeness (QED) is 0.533. The van der Waals surface area contributed by atoms with Crippen molar-refractivity contribution in [3.8, 4) is 0 Å². The first-order chi connectivity index (χ1) is 11.6. The fraction of sp³-hybridized carbons (Fsp3) is 0.105. The van der Waals surface area contributed by atoms with Gasteiger partial charge in [0.2, 0.25) is 0 Å². The Hall–Kier alpha value is -3.21. The van der Waals surface area contributed by atoms with Crippen LogP contribution < -0.4 is 11.2 Å². The summed E-state index contributed by atoms with van der Waals surface area (Å²) in [5, 5.41) is 1.38. The Morgan fingerprint density at radius 1 is 1.04 bits per heavy atom. The summed E-state index contributed by atoms with van der Waals surface area (Å²) in [5.41, 5.74) is 2.37. The minimum absolute atomic E-state index is 0.130.